The van der Waals surface area contributed by atoms with E-state index >= 15 is 0 Å². The van der Waals surface area contributed by atoms with Gasteiger partial charge in [0.1, 0.15) is 5.75 Å². The number of thiophene rings is 1. The molecule has 1 aromatic carbocycles. The van der Waals surface area contributed by atoms with Crippen molar-refractivity contribution in [1.29, 1.82) is 0 Å². The molecule has 0 bridgehead atoms. The third kappa shape index (κ3) is 4.08. The molecule has 0 fully saturated rings. The Bertz CT molecular complexity index is 541. The third-order valence-corrected chi connectivity index (χ3v) is 4.77. The van der Waals surface area contributed by atoms with E-state index in [9.17, 15) is 0 Å². The van der Waals surface area contributed by atoms with Crippen molar-refractivity contribution in [3.05, 3.63) is 50.6 Å². The number of benzene rings is 1. The second kappa shape index (κ2) is 7.81. The van der Waals surface area contributed by atoms with Gasteiger partial charge in [-0.25, -0.2) is 0 Å². The summed E-state index contributed by atoms with van der Waals surface area (Å²) in [4.78, 5) is 0. The summed E-state index contributed by atoms with van der Waals surface area (Å²) in [7, 11) is 1.73. The van der Waals surface area contributed by atoms with Crippen LogP contribution in [0.5, 0.6) is 5.75 Å². The Morgan fingerprint density at radius 1 is 1.35 bits per heavy atom. The second-order valence-corrected chi connectivity index (χ2v) is 7.00. The lowest BCUT2D eigenvalue weighted by atomic mass is 10.0. The molecule has 1 unspecified atom stereocenters. The minimum atomic E-state index is 0.328. The van der Waals surface area contributed by atoms with Gasteiger partial charge in [0, 0.05) is 6.04 Å². The van der Waals surface area contributed by atoms with Crippen molar-refractivity contribution in [3.8, 4) is 5.75 Å². The van der Waals surface area contributed by atoms with Crippen LogP contribution >= 0.6 is 27.3 Å². The van der Waals surface area contributed by atoms with Gasteiger partial charge in [-0.15, -0.1) is 11.3 Å². The first-order chi connectivity index (χ1) is 9.74. The normalized spacial score (nSPS) is 12.3. The number of hydrogen-bond donors (Lipinski definition) is 1. The summed E-state index contributed by atoms with van der Waals surface area (Å²) in [5.41, 5.74) is 2.58. The molecule has 1 aromatic heterocycles. The maximum absolute atomic E-state index is 5.46. The highest BCUT2D eigenvalue weighted by atomic mass is 79.9. The molecular formula is C16H20BrNOS. The Morgan fingerprint density at radius 2 is 2.15 bits per heavy atom. The Labute approximate surface area is 133 Å². The van der Waals surface area contributed by atoms with Crippen molar-refractivity contribution in [2.75, 3.05) is 13.7 Å². The predicted molar refractivity (Wildman–Crippen MR) is 89.8 cm³/mol. The van der Waals surface area contributed by atoms with E-state index < -0.39 is 0 Å². The van der Waals surface area contributed by atoms with E-state index in [-0.39, 0.29) is 0 Å². The van der Waals surface area contributed by atoms with E-state index in [4.69, 9.17) is 4.74 Å². The molecular weight excluding hydrogens is 334 g/mol. The topological polar surface area (TPSA) is 21.3 Å². The van der Waals surface area contributed by atoms with Crippen LogP contribution in [-0.4, -0.2) is 13.7 Å². The molecule has 1 N–H and O–H groups in total. The van der Waals surface area contributed by atoms with Gasteiger partial charge in [0.15, 0.2) is 0 Å². The zero-order chi connectivity index (χ0) is 14.4. The molecule has 0 radical (unpaired) electrons. The smallest absolute Gasteiger partial charge is 0.122 e. The monoisotopic (exact) mass is 353 g/mol. The Balaban J connectivity index is 2.19. The Kier molecular flexibility index (Phi) is 6.07. The lowest BCUT2D eigenvalue weighted by Crippen LogP contribution is -2.23. The zero-order valence-corrected chi connectivity index (χ0v) is 14.3. The Hall–Kier alpha value is -0.840. The summed E-state index contributed by atoms with van der Waals surface area (Å²) in [5.74, 6) is 0.963. The third-order valence-electron chi connectivity index (χ3n) is 3.25. The predicted octanol–water partition coefficient (Wildman–Crippen LogP) is 4.80. The van der Waals surface area contributed by atoms with E-state index in [1.54, 1.807) is 18.4 Å². The maximum Gasteiger partial charge on any atom is 0.122 e. The highest BCUT2D eigenvalue weighted by molar-refractivity contribution is 9.11. The van der Waals surface area contributed by atoms with Crippen molar-refractivity contribution in [3.63, 3.8) is 0 Å². The van der Waals surface area contributed by atoms with E-state index in [1.165, 1.54) is 14.9 Å². The first-order valence-corrected chi connectivity index (χ1v) is 8.51. The molecule has 0 saturated heterocycles. The average molecular weight is 354 g/mol. The van der Waals surface area contributed by atoms with Gasteiger partial charge in [0.25, 0.3) is 0 Å². The van der Waals surface area contributed by atoms with Crippen LogP contribution in [0.3, 0.4) is 0 Å². The van der Waals surface area contributed by atoms with Crippen LogP contribution in [0.25, 0.3) is 0 Å². The summed E-state index contributed by atoms with van der Waals surface area (Å²) >= 11 is 5.28. The van der Waals surface area contributed by atoms with E-state index in [0.717, 1.165) is 25.1 Å². The van der Waals surface area contributed by atoms with E-state index in [1.807, 2.05) is 12.1 Å². The number of rotatable bonds is 7. The fraction of sp³-hybridized carbons (Fsp3) is 0.375. The van der Waals surface area contributed by atoms with Gasteiger partial charge >= 0.3 is 0 Å². The number of halogens is 1. The van der Waals surface area contributed by atoms with Crippen LogP contribution in [0.4, 0.5) is 0 Å². The fourth-order valence-corrected chi connectivity index (χ4v) is 3.45. The molecule has 0 aliphatic heterocycles. The second-order valence-electron chi connectivity index (χ2n) is 4.71. The Morgan fingerprint density at radius 3 is 2.80 bits per heavy atom. The number of para-hydroxylation sites is 1. The molecule has 0 aliphatic carbocycles. The lowest BCUT2D eigenvalue weighted by molar-refractivity contribution is 0.405. The van der Waals surface area contributed by atoms with Crippen molar-refractivity contribution >= 4 is 27.3 Å². The molecule has 0 spiro atoms. The van der Waals surface area contributed by atoms with Crippen LogP contribution in [-0.2, 0) is 6.42 Å². The quantitative estimate of drug-likeness (QED) is 0.771. The summed E-state index contributed by atoms with van der Waals surface area (Å²) in [6, 6.07) is 10.8. The molecule has 2 rings (SSSR count). The maximum atomic E-state index is 5.46. The number of nitrogens with one attached hydrogen (secondary N) is 1. The van der Waals surface area contributed by atoms with Crippen molar-refractivity contribution in [2.45, 2.75) is 25.8 Å². The van der Waals surface area contributed by atoms with Crippen LogP contribution in [0.1, 0.15) is 30.5 Å². The minimum absolute atomic E-state index is 0.328. The van der Waals surface area contributed by atoms with Crippen LogP contribution in [0.2, 0.25) is 0 Å². The number of methoxy groups -OCH3 is 1. The van der Waals surface area contributed by atoms with E-state index in [0.29, 0.717) is 6.04 Å². The van der Waals surface area contributed by atoms with Crippen LogP contribution in [0, 0.1) is 0 Å². The zero-order valence-electron chi connectivity index (χ0n) is 11.9. The highest BCUT2D eigenvalue weighted by Gasteiger charge is 2.15. The van der Waals surface area contributed by atoms with Crippen molar-refractivity contribution in [2.24, 2.45) is 0 Å². The van der Waals surface area contributed by atoms with Gasteiger partial charge in [-0.3, -0.25) is 0 Å². The van der Waals surface area contributed by atoms with Crippen molar-refractivity contribution in [1.82, 2.24) is 5.32 Å². The summed E-state index contributed by atoms with van der Waals surface area (Å²) < 4.78 is 6.63. The molecule has 20 heavy (non-hydrogen) atoms. The summed E-state index contributed by atoms with van der Waals surface area (Å²) in [5, 5.41) is 5.84. The summed E-state index contributed by atoms with van der Waals surface area (Å²) in [6.07, 6.45) is 2.07. The molecule has 1 atom stereocenters. The molecule has 1 heterocycles. The molecule has 108 valence electrons. The minimum Gasteiger partial charge on any atom is -0.496 e. The number of ether oxygens (including phenoxy) is 1. The highest BCUT2D eigenvalue weighted by Crippen LogP contribution is 2.29. The van der Waals surface area contributed by atoms with Gasteiger partial charge in [-0.05, 0) is 64.0 Å². The van der Waals surface area contributed by atoms with Gasteiger partial charge in [-0.2, -0.15) is 0 Å². The van der Waals surface area contributed by atoms with Gasteiger partial charge in [-0.1, -0.05) is 25.1 Å². The van der Waals surface area contributed by atoms with Gasteiger partial charge < -0.3 is 10.1 Å². The molecule has 0 saturated carbocycles. The van der Waals surface area contributed by atoms with Gasteiger partial charge in [0.05, 0.1) is 10.9 Å². The molecule has 0 amide bonds. The fourth-order valence-electron chi connectivity index (χ4n) is 2.22. The standard InChI is InChI=1S/C16H20BrNOS/c1-3-8-18-14(13-10-16(17)20-11-13)9-12-6-4-5-7-15(12)19-2/h4-7,10-11,14,18H,3,8-9H2,1-2H3. The first-order valence-electron chi connectivity index (χ1n) is 6.83. The SMILES string of the molecule is CCCNC(Cc1ccccc1OC)c1csc(Br)c1. The van der Waals surface area contributed by atoms with Crippen LogP contribution in [0.15, 0.2) is 39.5 Å². The van der Waals surface area contributed by atoms with Crippen molar-refractivity contribution < 1.29 is 4.74 Å². The van der Waals surface area contributed by atoms with Crippen LogP contribution < -0.4 is 10.1 Å². The van der Waals surface area contributed by atoms with E-state index in [2.05, 4.69) is 51.7 Å². The number of hydrogen-bond acceptors (Lipinski definition) is 3. The average Bonchev–Trinajstić information content (AvgIpc) is 2.90. The summed E-state index contributed by atoms with van der Waals surface area (Å²) in [6.45, 7) is 3.21. The molecule has 2 aromatic rings. The molecule has 2 nitrogen and oxygen atoms in total. The largest absolute Gasteiger partial charge is 0.496 e. The lowest BCUT2D eigenvalue weighted by Gasteiger charge is -2.19. The van der Waals surface area contributed by atoms with Gasteiger partial charge in [0.2, 0.25) is 0 Å². The molecule has 0 aliphatic rings. The molecule has 4 heteroatoms. The first kappa shape index (κ1) is 15.5.